The summed E-state index contributed by atoms with van der Waals surface area (Å²) in [5, 5.41) is 7.17. The van der Waals surface area contributed by atoms with Crippen molar-refractivity contribution >= 4 is 12.3 Å². The quantitative estimate of drug-likeness (QED) is 0.671. The molecule has 0 fully saturated rings. The van der Waals surface area contributed by atoms with E-state index in [1.165, 1.54) is 11.8 Å². The van der Waals surface area contributed by atoms with Gasteiger partial charge < -0.3 is 5.41 Å². The lowest BCUT2D eigenvalue weighted by Gasteiger charge is -2.00. The molecule has 1 rings (SSSR count). The minimum absolute atomic E-state index is 0.971. The predicted molar refractivity (Wildman–Crippen MR) is 76.5 cm³/mol. The first-order chi connectivity index (χ1) is 7.77. The molecular formula is C15H25N. The van der Waals surface area contributed by atoms with E-state index in [2.05, 4.69) is 13.0 Å². The Bertz CT molecular complexity index is 311. The lowest BCUT2D eigenvalue weighted by atomic mass is 10.1. The highest BCUT2D eigenvalue weighted by Gasteiger charge is 1.95. The molecule has 0 aliphatic heterocycles. The second-order valence-corrected chi connectivity index (χ2v) is 2.78. The normalized spacial score (nSPS) is 8.62. The van der Waals surface area contributed by atoms with Crippen molar-refractivity contribution in [2.75, 3.05) is 0 Å². The number of aryl methyl sites for hydroxylation is 1. The molecule has 1 nitrogen and oxygen atoms in total. The molecule has 90 valence electrons. The monoisotopic (exact) mass is 219 g/mol. The molecule has 0 heterocycles. The Kier molecular flexibility index (Phi) is 12.5. The standard InChI is InChI=1S/C11H13N.2C2H6/c1-3-4-10-7-9(2)5-6-11(10)8-12;2*1-2/h3-8,12H,1-2H3;2*1-2H3/b4-3-,12-8?;;. The summed E-state index contributed by atoms with van der Waals surface area (Å²) in [6.07, 6.45) is 5.39. The van der Waals surface area contributed by atoms with Crippen LogP contribution in [0.2, 0.25) is 0 Å². The van der Waals surface area contributed by atoms with E-state index in [0.29, 0.717) is 0 Å². The first kappa shape index (κ1) is 17.0. The van der Waals surface area contributed by atoms with E-state index in [0.717, 1.165) is 11.1 Å². The van der Waals surface area contributed by atoms with Crippen LogP contribution in [-0.2, 0) is 0 Å². The Balaban J connectivity index is 0. The highest BCUT2D eigenvalue weighted by Crippen LogP contribution is 2.11. The smallest absolute Gasteiger partial charge is 0.0256 e. The van der Waals surface area contributed by atoms with E-state index < -0.39 is 0 Å². The van der Waals surface area contributed by atoms with Gasteiger partial charge in [0.1, 0.15) is 0 Å². The number of rotatable bonds is 2. The second kappa shape index (κ2) is 11.7. The first-order valence-corrected chi connectivity index (χ1v) is 6.01. The highest BCUT2D eigenvalue weighted by molar-refractivity contribution is 5.83. The van der Waals surface area contributed by atoms with Gasteiger partial charge in [-0.15, -0.1) is 0 Å². The SMILES string of the molecule is C/C=C\c1cc(C)ccc1C=N.CC.CC. The van der Waals surface area contributed by atoms with Crippen LogP contribution in [-0.4, -0.2) is 6.21 Å². The van der Waals surface area contributed by atoms with Gasteiger partial charge in [-0.3, -0.25) is 0 Å². The number of allylic oxidation sites excluding steroid dienone is 1. The van der Waals surface area contributed by atoms with Gasteiger partial charge in [-0.25, -0.2) is 0 Å². The molecule has 1 aromatic carbocycles. The minimum Gasteiger partial charge on any atom is -0.308 e. The van der Waals surface area contributed by atoms with E-state index in [4.69, 9.17) is 5.41 Å². The zero-order chi connectivity index (χ0) is 13.0. The fourth-order valence-corrected chi connectivity index (χ4v) is 1.15. The average molecular weight is 219 g/mol. The first-order valence-electron chi connectivity index (χ1n) is 6.01. The fraction of sp³-hybridized carbons (Fsp3) is 0.400. The summed E-state index contributed by atoms with van der Waals surface area (Å²) in [5.41, 5.74) is 3.32. The van der Waals surface area contributed by atoms with Crippen molar-refractivity contribution in [1.29, 1.82) is 5.41 Å². The van der Waals surface area contributed by atoms with E-state index in [1.807, 2.05) is 58.9 Å². The minimum atomic E-state index is 0.971. The van der Waals surface area contributed by atoms with Crippen molar-refractivity contribution in [3.05, 3.63) is 41.0 Å². The third kappa shape index (κ3) is 6.18. The summed E-state index contributed by atoms with van der Waals surface area (Å²) < 4.78 is 0. The van der Waals surface area contributed by atoms with Crippen LogP contribution in [0.3, 0.4) is 0 Å². The van der Waals surface area contributed by atoms with Crippen LogP contribution in [0.1, 0.15) is 51.3 Å². The highest BCUT2D eigenvalue weighted by atomic mass is 14.3. The molecule has 0 aromatic heterocycles. The fourth-order valence-electron chi connectivity index (χ4n) is 1.15. The second-order valence-electron chi connectivity index (χ2n) is 2.78. The van der Waals surface area contributed by atoms with Crippen LogP contribution in [0.15, 0.2) is 24.3 Å². The van der Waals surface area contributed by atoms with Gasteiger partial charge in [0.15, 0.2) is 0 Å². The Morgan fingerprint density at radius 2 is 1.56 bits per heavy atom. The zero-order valence-electron chi connectivity index (χ0n) is 11.5. The van der Waals surface area contributed by atoms with Gasteiger partial charge in [-0.05, 0) is 25.0 Å². The van der Waals surface area contributed by atoms with Gasteiger partial charge in [0.25, 0.3) is 0 Å². The molecule has 0 unspecified atom stereocenters. The lowest BCUT2D eigenvalue weighted by Crippen LogP contribution is -1.86. The molecule has 1 N–H and O–H groups in total. The third-order valence-corrected chi connectivity index (χ3v) is 1.74. The van der Waals surface area contributed by atoms with Crippen LogP contribution in [0.25, 0.3) is 6.08 Å². The summed E-state index contributed by atoms with van der Waals surface area (Å²) in [6.45, 7) is 12.0. The Hall–Kier alpha value is -1.37. The molecule has 0 saturated heterocycles. The van der Waals surface area contributed by atoms with Crippen molar-refractivity contribution < 1.29 is 0 Å². The molecule has 0 spiro atoms. The molecule has 0 atom stereocenters. The van der Waals surface area contributed by atoms with Crippen LogP contribution < -0.4 is 0 Å². The summed E-state index contributed by atoms with van der Waals surface area (Å²) in [4.78, 5) is 0. The summed E-state index contributed by atoms with van der Waals surface area (Å²) >= 11 is 0. The van der Waals surface area contributed by atoms with Gasteiger partial charge in [-0.2, -0.15) is 0 Å². The summed E-state index contributed by atoms with van der Waals surface area (Å²) in [5.74, 6) is 0. The maximum Gasteiger partial charge on any atom is 0.0256 e. The maximum absolute atomic E-state index is 7.17. The molecular weight excluding hydrogens is 194 g/mol. The van der Waals surface area contributed by atoms with Gasteiger partial charge in [0.05, 0.1) is 0 Å². The molecule has 16 heavy (non-hydrogen) atoms. The van der Waals surface area contributed by atoms with Crippen LogP contribution >= 0.6 is 0 Å². The van der Waals surface area contributed by atoms with Gasteiger partial charge in [0.2, 0.25) is 0 Å². The Labute approximate surface area is 101 Å². The largest absolute Gasteiger partial charge is 0.308 e. The van der Waals surface area contributed by atoms with Crippen molar-refractivity contribution in [3.63, 3.8) is 0 Å². The molecule has 1 aromatic rings. The molecule has 0 amide bonds. The van der Waals surface area contributed by atoms with Crippen molar-refractivity contribution in [1.82, 2.24) is 0 Å². The number of hydrogen-bond donors (Lipinski definition) is 1. The molecule has 0 bridgehead atoms. The lowest BCUT2D eigenvalue weighted by molar-refractivity contribution is 1.43. The van der Waals surface area contributed by atoms with Crippen molar-refractivity contribution in [2.24, 2.45) is 0 Å². The van der Waals surface area contributed by atoms with E-state index in [1.54, 1.807) is 0 Å². The van der Waals surface area contributed by atoms with Gasteiger partial charge in [-0.1, -0.05) is 63.6 Å². The molecule has 0 radical (unpaired) electrons. The van der Waals surface area contributed by atoms with Gasteiger partial charge in [0, 0.05) is 6.21 Å². The van der Waals surface area contributed by atoms with E-state index in [-0.39, 0.29) is 0 Å². The van der Waals surface area contributed by atoms with E-state index in [9.17, 15) is 0 Å². The topological polar surface area (TPSA) is 23.9 Å². The number of nitrogens with one attached hydrogen (secondary N) is 1. The predicted octanol–water partition coefficient (Wildman–Crippen LogP) is 5.08. The van der Waals surface area contributed by atoms with E-state index >= 15 is 0 Å². The summed E-state index contributed by atoms with van der Waals surface area (Å²) in [6, 6.07) is 6.07. The van der Waals surface area contributed by atoms with Crippen LogP contribution in [0.5, 0.6) is 0 Å². The number of hydrogen-bond acceptors (Lipinski definition) is 1. The Morgan fingerprint density at radius 1 is 1.00 bits per heavy atom. The molecule has 0 aliphatic carbocycles. The van der Waals surface area contributed by atoms with Crippen molar-refractivity contribution in [3.8, 4) is 0 Å². The molecule has 1 heteroatoms. The van der Waals surface area contributed by atoms with Crippen LogP contribution in [0, 0.1) is 12.3 Å². The molecule has 0 saturated carbocycles. The Morgan fingerprint density at radius 3 is 2.00 bits per heavy atom. The van der Waals surface area contributed by atoms with Crippen molar-refractivity contribution in [2.45, 2.75) is 41.5 Å². The van der Waals surface area contributed by atoms with Gasteiger partial charge >= 0.3 is 0 Å². The zero-order valence-corrected chi connectivity index (χ0v) is 11.5. The summed E-state index contributed by atoms with van der Waals surface area (Å²) in [7, 11) is 0. The number of benzene rings is 1. The average Bonchev–Trinajstić information content (AvgIpc) is 2.35. The molecule has 0 aliphatic rings. The van der Waals surface area contributed by atoms with Crippen LogP contribution in [0.4, 0.5) is 0 Å². The maximum atomic E-state index is 7.17. The third-order valence-electron chi connectivity index (χ3n) is 1.74.